The highest BCUT2D eigenvalue weighted by Gasteiger charge is 2.10. The summed E-state index contributed by atoms with van der Waals surface area (Å²) in [7, 11) is 3.51. The summed E-state index contributed by atoms with van der Waals surface area (Å²) in [6.07, 6.45) is 0. The van der Waals surface area contributed by atoms with Crippen LogP contribution in [0.5, 0.6) is 5.75 Å². The standard InChI is InChI=1S/C16H18FNO/c1-11-8-12(10-18-2)4-6-14(11)15-9-13(17)5-7-16(15)19-3/h4-9,18H,10H2,1-3H3. The molecule has 0 fully saturated rings. The number of nitrogens with one attached hydrogen (secondary N) is 1. The zero-order chi connectivity index (χ0) is 13.8. The van der Waals surface area contributed by atoms with Gasteiger partial charge in [0.15, 0.2) is 0 Å². The van der Waals surface area contributed by atoms with E-state index in [1.165, 1.54) is 17.7 Å². The summed E-state index contributed by atoms with van der Waals surface area (Å²) in [4.78, 5) is 0. The Hall–Kier alpha value is -1.87. The highest BCUT2D eigenvalue weighted by Crippen LogP contribution is 2.33. The summed E-state index contributed by atoms with van der Waals surface area (Å²) < 4.78 is 18.7. The molecule has 0 heterocycles. The molecular weight excluding hydrogens is 241 g/mol. The number of rotatable bonds is 4. The molecule has 2 rings (SSSR count). The summed E-state index contributed by atoms with van der Waals surface area (Å²) in [5, 5.41) is 3.12. The molecule has 0 saturated heterocycles. The second-order valence-electron chi connectivity index (χ2n) is 4.52. The van der Waals surface area contributed by atoms with E-state index in [0.717, 1.165) is 23.2 Å². The molecule has 0 spiro atoms. The number of hydrogen-bond donors (Lipinski definition) is 1. The zero-order valence-electron chi connectivity index (χ0n) is 11.5. The van der Waals surface area contributed by atoms with E-state index in [4.69, 9.17) is 4.74 Å². The number of benzene rings is 2. The van der Waals surface area contributed by atoms with E-state index < -0.39 is 0 Å². The molecule has 0 aliphatic carbocycles. The third kappa shape index (κ3) is 2.93. The normalized spacial score (nSPS) is 10.5. The van der Waals surface area contributed by atoms with Crippen molar-refractivity contribution in [3.05, 3.63) is 53.3 Å². The van der Waals surface area contributed by atoms with Crippen molar-refractivity contribution < 1.29 is 9.13 Å². The lowest BCUT2D eigenvalue weighted by molar-refractivity contribution is 0.415. The molecule has 0 bridgehead atoms. The predicted octanol–water partition coefficient (Wildman–Crippen LogP) is 3.53. The van der Waals surface area contributed by atoms with Crippen LogP contribution < -0.4 is 10.1 Å². The molecule has 1 N–H and O–H groups in total. The Bertz CT molecular complexity index is 581. The molecule has 0 aliphatic rings. The van der Waals surface area contributed by atoms with E-state index in [1.54, 1.807) is 13.2 Å². The van der Waals surface area contributed by atoms with Gasteiger partial charge < -0.3 is 10.1 Å². The van der Waals surface area contributed by atoms with E-state index >= 15 is 0 Å². The molecule has 0 aromatic heterocycles. The Morgan fingerprint density at radius 3 is 2.53 bits per heavy atom. The van der Waals surface area contributed by atoms with Gasteiger partial charge in [0.1, 0.15) is 11.6 Å². The SMILES string of the molecule is CNCc1ccc(-c2cc(F)ccc2OC)c(C)c1. The minimum Gasteiger partial charge on any atom is -0.496 e. The number of halogens is 1. The minimum absolute atomic E-state index is 0.255. The van der Waals surface area contributed by atoms with Gasteiger partial charge in [-0.3, -0.25) is 0 Å². The van der Waals surface area contributed by atoms with Crippen molar-refractivity contribution in [2.75, 3.05) is 14.2 Å². The van der Waals surface area contributed by atoms with Crippen molar-refractivity contribution in [3.63, 3.8) is 0 Å². The van der Waals surface area contributed by atoms with Crippen molar-refractivity contribution in [2.45, 2.75) is 13.5 Å². The van der Waals surface area contributed by atoms with E-state index in [2.05, 4.69) is 11.4 Å². The lowest BCUT2D eigenvalue weighted by Gasteiger charge is -2.12. The Labute approximate surface area is 113 Å². The van der Waals surface area contributed by atoms with Crippen molar-refractivity contribution in [2.24, 2.45) is 0 Å². The summed E-state index contributed by atoms with van der Waals surface area (Å²) in [5.74, 6) is 0.431. The van der Waals surface area contributed by atoms with E-state index in [1.807, 2.05) is 26.1 Å². The van der Waals surface area contributed by atoms with Crippen LogP contribution in [0.2, 0.25) is 0 Å². The third-order valence-corrected chi connectivity index (χ3v) is 3.12. The molecule has 0 radical (unpaired) electrons. The second kappa shape index (κ2) is 5.85. The molecule has 2 aromatic rings. The number of aryl methyl sites for hydroxylation is 1. The van der Waals surface area contributed by atoms with Gasteiger partial charge in [-0.05, 0) is 48.9 Å². The molecule has 2 aromatic carbocycles. The van der Waals surface area contributed by atoms with Crippen LogP contribution in [-0.4, -0.2) is 14.2 Å². The van der Waals surface area contributed by atoms with Crippen LogP contribution in [0.15, 0.2) is 36.4 Å². The summed E-state index contributed by atoms with van der Waals surface area (Å²) >= 11 is 0. The number of ether oxygens (including phenoxy) is 1. The number of methoxy groups -OCH3 is 1. The molecule has 0 unspecified atom stereocenters. The molecule has 100 valence electrons. The van der Waals surface area contributed by atoms with Gasteiger partial charge in [0.25, 0.3) is 0 Å². The largest absolute Gasteiger partial charge is 0.496 e. The molecular formula is C16H18FNO. The lowest BCUT2D eigenvalue weighted by Crippen LogP contribution is -2.05. The summed E-state index contributed by atoms with van der Waals surface area (Å²) in [5.41, 5.74) is 4.10. The minimum atomic E-state index is -0.255. The van der Waals surface area contributed by atoms with Gasteiger partial charge in [-0.1, -0.05) is 18.2 Å². The van der Waals surface area contributed by atoms with Crippen LogP contribution in [0.3, 0.4) is 0 Å². The van der Waals surface area contributed by atoms with Crippen LogP contribution >= 0.6 is 0 Å². The van der Waals surface area contributed by atoms with Gasteiger partial charge in [-0.15, -0.1) is 0 Å². The maximum atomic E-state index is 13.4. The van der Waals surface area contributed by atoms with Crippen LogP contribution in [-0.2, 0) is 6.54 Å². The van der Waals surface area contributed by atoms with Gasteiger partial charge in [0.05, 0.1) is 7.11 Å². The van der Waals surface area contributed by atoms with Crippen molar-refractivity contribution in [3.8, 4) is 16.9 Å². The maximum absolute atomic E-state index is 13.4. The molecule has 0 aliphatic heterocycles. The van der Waals surface area contributed by atoms with Crippen LogP contribution in [0.4, 0.5) is 4.39 Å². The molecule has 0 amide bonds. The fourth-order valence-electron chi connectivity index (χ4n) is 2.23. The highest BCUT2D eigenvalue weighted by atomic mass is 19.1. The van der Waals surface area contributed by atoms with Crippen molar-refractivity contribution in [1.82, 2.24) is 5.32 Å². The zero-order valence-corrected chi connectivity index (χ0v) is 11.5. The van der Waals surface area contributed by atoms with E-state index in [0.29, 0.717) is 5.75 Å². The van der Waals surface area contributed by atoms with Crippen molar-refractivity contribution >= 4 is 0 Å². The molecule has 0 atom stereocenters. The second-order valence-corrected chi connectivity index (χ2v) is 4.52. The topological polar surface area (TPSA) is 21.3 Å². The predicted molar refractivity (Wildman–Crippen MR) is 75.9 cm³/mol. The Balaban J connectivity index is 2.49. The first-order valence-corrected chi connectivity index (χ1v) is 6.23. The lowest BCUT2D eigenvalue weighted by atomic mass is 9.97. The van der Waals surface area contributed by atoms with Gasteiger partial charge in [0, 0.05) is 12.1 Å². The first-order valence-electron chi connectivity index (χ1n) is 6.23. The van der Waals surface area contributed by atoms with Crippen LogP contribution in [0.1, 0.15) is 11.1 Å². The van der Waals surface area contributed by atoms with E-state index in [-0.39, 0.29) is 5.82 Å². The van der Waals surface area contributed by atoms with E-state index in [9.17, 15) is 4.39 Å². The van der Waals surface area contributed by atoms with Crippen molar-refractivity contribution in [1.29, 1.82) is 0 Å². The monoisotopic (exact) mass is 259 g/mol. The highest BCUT2D eigenvalue weighted by molar-refractivity contribution is 5.73. The Morgan fingerprint density at radius 2 is 1.89 bits per heavy atom. The fourth-order valence-corrected chi connectivity index (χ4v) is 2.23. The first kappa shape index (κ1) is 13.6. The van der Waals surface area contributed by atoms with Crippen LogP contribution in [0.25, 0.3) is 11.1 Å². The first-order chi connectivity index (χ1) is 9.15. The number of hydrogen-bond acceptors (Lipinski definition) is 2. The quantitative estimate of drug-likeness (QED) is 0.907. The van der Waals surface area contributed by atoms with Crippen LogP contribution in [0, 0.1) is 12.7 Å². The molecule has 19 heavy (non-hydrogen) atoms. The molecule has 0 saturated carbocycles. The Morgan fingerprint density at radius 1 is 1.11 bits per heavy atom. The Kier molecular flexibility index (Phi) is 4.17. The third-order valence-electron chi connectivity index (χ3n) is 3.12. The van der Waals surface area contributed by atoms with Gasteiger partial charge >= 0.3 is 0 Å². The van der Waals surface area contributed by atoms with Gasteiger partial charge in [-0.25, -0.2) is 4.39 Å². The van der Waals surface area contributed by atoms with Gasteiger partial charge in [0.2, 0.25) is 0 Å². The smallest absolute Gasteiger partial charge is 0.126 e. The average molecular weight is 259 g/mol. The molecule has 3 heteroatoms. The fraction of sp³-hybridized carbons (Fsp3) is 0.250. The summed E-state index contributed by atoms with van der Waals surface area (Å²) in [6.45, 7) is 2.85. The average Bonchev–Trinajstić information content (AvgIpc) is 2.39. The summed E-state index contributed by atoms with van der Waals surface area (Å²) in [6, 6.07) is 10.7. The van der Waals surface area contributed by atoms with Gasteiger partial charge in [-0.2, -0.15) is 0 Å². The maximum Gasteiger partial charge on any atom is 0.126 e. The molecule has 2 nitrogen and oxygen atoms in total.